The molecule has 0 saturated carbocycles. The number of nitrogens with one attached hydrogen (secondary N) is 1. The molecule has 0 amide bonds. The average molecular weight is 375 g/mol. The van der Waals surface area contributed by atoms with E-state index in [1.54, 1.807) is 6.33 Å². The van der Waals surface area contributed by atoms with Crippen molar-refractivity contribution in [2.45, 2.75) is 6.04 Å². The number of nitrogens with zero attached hydrogens (tertiary/aromatic N) is 4. The normalized spacial score (nSPS) is 18.6. The summed E-state index contributed by atoms with van der Waals surface area (Å²) in [5.74, 6) is 2.42. The van der Waals surface area contributed by atoms with Crippen LogP contribution in [0.25, 0.3) is 0 Å². The largest absolute Gasteiger partial charge is 0.485 e. The fourth-order valence-electron chi connectivity index (χ4n) is 3.60. The minimum Gasteiger partial charge on any atom is -0.485 e. The molecule has 0 radical (unpaired) electrons. The third-order valence-corrected chi connectivity index (χ3v) is 5.21. The molecule has 4 rings (SSSR count). The summed E-state index contributed by atoms with van der Waals surface area (Å²) in [6, 6.07) is 8.17. The highest BCUT2D eigenvalue weighted by molar-refractivity contribution is 6.30. The Morgan fingerprint density at radius 1 is 1.15 bits per heavy atom. The Hall–Kier alpha value is -2.09. The fraction of sp³-hybridized carbons (Fsp3) is 0.444. The van der Waals surface area contributed by atoms with Crippen LogP contribution in [0.4, 0.5) is 11.6 Å². The smallest absolute Gasteiger partial charge is 0.204 e. The monoisotopic (exact) mass is 374 g/mol. The first-order valence-electron chi connectivity index (χ1n) is 8.92. The van der Waals surface area contributed by atoms with E-state index >= 15 is 0 Å². The SMILES string of the molecule is NCC(c1ccc(Cl)cc1)N1CCN(c2ncnc3c2OCCN3)CC1. The number of hydrogen-bond donors (Lipinski definition) is 2. The second kappa shape index (κ2) is 7.65. The molecule has 1 aromatic heterocycles. The van der Waals surface area contributed by atoms with E-state index in [9.17, 15) is 0 Å². The van der Waals surface area contributed by atoms with Gasteiger partial charge in [0.2, 0.25) is 5.75 Å². The van der Waals surface area contributed by atoms with Gasteiger partial charge >= 0.3 is 0 Å². The molecule has 0 spiro atoms. The number of halogens is 1. The van der Waals surface area contributed by atoms with Crippen LogP contribution in [0, 0.1) is 0 Å². The van der Waals surface area contributed by atoms with Crippen molar-refractivity contribution in [3.8, 4) is 5.75 Å². The Labute approximate surface area is 158 Å². The van der Waals surface area contributed by atoms with Crippen LogP contribution in [0.15, 0.2) is 30.6 Å². The lowest BCUT2D eigenvalue weighted by Gasteiger charge is -2.40. The predicted molar refractivity (Wildman–Crippen MR) is 103 cm³/mol. The fourth-order valence-corrected chi connectivity index (χ4v) is 3.72. The highest BCUT2D eigenvalue weighted by atomic mass is 35.5. The van der Waals surface area contributed by atoms with Crippen molar-refractivity contribution < 1.29 is 4.74 Å². The van der Waals surface area contributed by atoms with Crippen LogP contribution in [0.3, 0.4) is 0 Å². The minimum absolute atomic E-state index is 0.201. The maximum Gasteiger partial charge on any atom is 0.204 e. The van der Waals surface area contributed by atoms with E-state index in [1.165, 1.54) is 5.56 Å². The lowest BCUT2D eigenvalue weighted by Crippen LogP contribution is -2.49. The summed E-state index contributed by atoms with van der Waals surface area (Å²) in [5, 5.41) is 4.01. The number of fused-ring (bicyclic) bond motifs is 1. The highest BCUT2D eigenvalue weighted by Crippen LogP contribution is 2.35. The van der Waals surface area contributed by atoms with Crippen molar-refractivity contribution >= 4 is 23.2 Å². The van der Waals surface area contributed by atoms with Crippen molar-refractivity contribution in [3.63, 3.8) is 0 Å². The summed E-state index contributed by atoms with van der Waals surface area (Å²) < 4.78 is 5.81. The molecule has 3 heterocycles. The number of ether oxygens (including phenoxy) is 1. The van der Waals surface area contributed by atoms with Crippen LogP contribution < -0.4 is 20.7 Å². The molecule has 138 valence electrons. The van der Waals surface area contributed by atoms with E-state index in [0.717, 1.165) is 55.1 Å². The molecule has 2 aliphatic heterocycles. The first-order valence-corrected chi connectivity index (χ1v) is 9.30. The maximum absolute atomic E-state index is 6.07. The molecular formula is C18H23ClN6O. The van der Waals surface area contributed by atoms with Crippen LogP contribution in [0.2, 0.25) is 5.02 Å². The van der Waals surface area contributed by atoms with E-state index < -0.39 is 0 Å². The van der Waals surface area contributed by atoms with Gasteiger partial charge in [-0.25, -0.2) is 9.97 Å². The van der Waals surface area contributed by atoms with E-state index in [0.29, 0.717) is 13.2 Å². The highest BCUT2D eigenvalue weighted by Gasteiger charge is 2.28. The standard InChI is InChI=1S/C18H23ClN6O/c19-14-3-1-13(2-4-14)15(11-20)24-6-8-25(9-7-24)18-16-17(22-12-23-18)21-5-10-26-16/h1-4,12,15H,5-11,20H2,(H,21,22,23). The number of rotatable bonds is 4. The van der Waals surface area contributed by atoms with Gasteiger partial charge in [-0.15, -0.1) is 0 Å². The molecule has 2 aliphatic rings. The molecule has 8 heteroatoms. The molecule has 1 atom stereocenters. The average Bonchev–Trinajstić information content (AvgIpc) is 2.70. The van der Waals surface area contributed by atoms with Crippen molar-refractivity contribution in [2.75, 3.05) is 56.1 Å². The van der Waals surface area contributed by atoms with Crippen LogP contribution >= 0.6 is 11.6 Å². The zero-order chi connectivity index (χ0) is 17.9. The molecule has 1 saturated heterocycles. The molecule has 0 aliphatic carbocycles. The summed E-state index contributed by atoms with van der Waals surface area (Å²) in [4.78, 5) is 13.4. The van der Waals surface area contributed by atoms with Gasteiger partial charge in [-0.3, -0.25) is 4.90 Å². The first kappa shape index (κ1) is 17.3. The van der Waals surface area contributed by atoms with Crippen molar-refractivity contribution in [1.82, 2.24) is 14.9 Å². The second-order valence-corrected chi connectivity index (χ2v) is 6.91. The molecule has 1 fully saturated rings. The third-order valence-electron chi connectivity index (χ3n) is 4.96. The molecule has 3 N–H and O–H groups in total. The third kappa shape index (κ3) is 3.42. The van der Waals surface area contributed by atoms with Gasteiger partial charge in [0.15, 0.2) is 11.6 Å². The maximum atomic E-state index is 6.07. The Bertz CT molecular complexity index is 748. The van der Waals surface area contributed by atoms with E-state index in [1.807, 2.05) is 12.1 Å². The molecule has 26 heavy (non-hydrogen) atoms. The quantitative estimate of drug-likeness (QED) is 0.844. The van der Waals surface area contributed by atoms with E-state index in [-0.39, 0.29) is 6.04 Å². The number of benzene rings is 1. The molecule has 2 aromatic rings. The van der Waals surface area contributed by atoms with Gasteiger partial charge in [0.25, 0.3) is 0 Å². The topological polar surface area (TPSA) is 79.5 Å². The van der Waals surface area contributed by atoms with Gasteiger partial charge in [0.1, 0.15) is 12.9 Å². The van der Waals surface area contributed by atoms with Gasteiger partial charge in [-0.05, 0) is 17.7 Å². The number of anilines is 2. The van der Waals surface area contributed by atoms with Gasteiger partial charge in [0, 0.05) is 43.8 Å². The van der Waals surface area contributed by atoms with Crippen LogP contribution in [-0.4, -0.2) is 60.7 Å². The van der Waals surface area contributed by atoms with Crippen molar-refractivity contribution in [2.24, 2.45) is 5.73 Å². The van der Waals surface area contributed by atoms with Gasteiger partial charge in [0.05, 0.1) is 6.54 Å². The minimum atomic E-state index is 0.201. The van der Waals surface area contributed by atoms with Crippen LogP contribution in [0.1, 0.15) is 11.6 Å². The second-order valence-electron chi connectivity index (χ2n) is 6.48. The van der Waals surface area contributed by atoms with Crippen LogP contribution in [-0.2, 0) is 0 Å². The number of hydrogen-bond acceptors (Lipinski definition) is 7. The van der Waals surface area contributed by atoms with Crippen molar-refractivity contribution in [1.29, 1.82) is 0 Å². The summed E-state index contributed by atoms with van der Waals surface area (Å²) in [6.45, 7) is 5.56. The zero-order valence-electron chi connectivity index (χ0n) is 14.6. The molecule has 7 nitrogen and oxygen atoms in total. The molecule has 1 unspecified atom stereocenters. The first-order chi connectivity index (χ1) is 12.8. The van der Waals surface area contributed by atoms with Gasteiger partial charge in [-0.1, -0.05) is 23.7 Å². The molecule has 1 aromatic carbocycles. The summed E-state index contributed by atoms with van der Waals surface area (Å²) in [5.41, 5.74) is 7.28. The van der Waals surface area contributed by atoms with Gasteiger partial charge in [-0.2, -0.15) is 0 Å². The zero-order valence-corrected chi connectivity index (χ0v) is 15.3. The number of nitrogens with two attached hydrogens (primary N) is 1. The number of piperazine rings is 1. The molecular weight excluding hydrogens is 352 g/mol. The van der Waals surface area contributed by atoms with E-state index in [2.05, 4.69) is 37.2 Å². The Morgan fingerprint density at radius 2 is 1.92 bits per heavy atom. The summed E-state index contributed by atoms with van der Waals surface area (Å²) in [7, 11) is 0. The Kier molecular flexibility index (Phi) is 5.10. The number of aromatic nitrogens is 2. The summed E-state index contributed by atoms with van der Waals surface area (Å²) in [6.07, 6.45) is 1.60. The predicted octanol–water partition coefficient (Wildman–Crippen LogP) is 1.76. The molecule has 0 bridgehead atoms. The summed E-state index contributed by atoms with van der Waals surface area (Å²) >= 11 is 6.01. The Balaban J connectivity index is 1.46. The van der Waals surface area contributed by atoms with Crippen molar-refractivity contribution in [3.05, 3.63) is 41.2 Å². The van der Waals surface area contributed by atoms with Gasteiger partial charge < -0.3 is 20.7 Å². The lowest BCUT2D eigenvalue weighted by molar-refractivity contribution is 0.189. The Morgan fingerprint density at radius 3 is 2.65 bits per heavy atom. The lowest BCUT2D eigenvalue weighted by atomic mass is 10.0. The van der Waals surface area contributed by atoms with Crippen LogP contribution in [0.5, 0.6) is 5.75 Å². The van der Waals surface area contributed by atoms with E-state index in [4.69, 9.17) is 22.1 Å².